The lowest BCUT2D eigenvalue weighted by Crippen LogP contribution is -2.30. The Hall–Kier alpha value is -0.0400. The van der Waals surface area contributed by atoms with Crippen LogP contribution in [0, 0.1) is 11.3 Å². The van der Waals surface area contributed by atoms with Crippen LogP contribution >= 0.6 is 0 Å². The Morgan fingerprint density at radius 3 is 2.07 bits per heavy atom. The van der Waals surface area contributed by atoms with Gasteiger partial charge in [-0.2, -0.15) is 0 Å². The summed E-state index contributed by atoms with van der Waals surface area (Å²) in [6, 6.07) is 0. The van der Waals surface area contributed by atoms with Gasteiger partial charge in [0.2, 0.25) is 0 Å². The number of rotatable bonds is 5. The van der Waals surface area contributed by atoms with Crippen LogP contribution in [0.1, 0.15) is 65.2 Å². The lowest BCUT2D eigenvalue weighted by Gasteiger charge is -2.38. The Morgan fingerprint density at radius 2 is 1.64 bits per heavy atom. The molecule has 0 aliphatic heterocycles. The van der Waals surface area contributed by atoms with E-state index in [-0.39, 0.29) is 0 Å². The molecule has 1 nitrogen and oxygen atoms in total. The highest BCUT2D eigenvalue weighted by atomic mass is 16.3. The normalized spacial score (nSPS) is 21.4. The molecule has 1 fully saturated rings. The third-order valence-corrected chi connectivity index (χ3v) is 4.13. The summed E-state index contributed by atoms with van der Waals surface area (Å²) in [4.78, 5) is 0. The zero-order valence-electron chi connectivity index (χ0n) is 9.89. The maximum Gasteiger partial charge on any atom is 0.0487 e. The molecule has 14 heavy (non-hydrogen) atoms. The highest BCUT2D eigenvalue weighted by Crippen LogP contribution is 2.42. The molecule has 1 heteroatoms. The lowest BCUT2D eigenvalue weighted by atomic mass is 9.69. The van der Waals surface area contributed by atoms with Crippen LogP contribution in [0.2, 0.25) is 0 Å². The van der Waals surface area contributed by atoms with E-state index in [2.05, 4.69) is 13.8 Å². The zero-order chi connectivity index (χ0) is 10.4. The van der Waals surface area contributed by atoms with Crippen molar-refractivity contribution < 1.29 is 5.11 Å². The summed E-state index contributed by atoms with van der Waals surface area (Å²) in [7, 11) is 0. The summed E-state index contributed by atoms with van der Waals surface area (Å²) < 4.78 is 0. The van der Waals surface area contributed by atoms with Gasteiger partial charge < -0.3 is 5.11 Å². The Kier molecular flexibility index (Phi) is 4.94. The van der Waals surface area contributed by atoms with Crippen molar-refractivity contribution in [2.24, 2.45) is 11.3 Å². The summed E-state index contributed by atoms with van der Waals surface area (Å²) in [6.07, 6.45) is 10.4. The summed E-state index contributed by atoms with van der Waals surface area (Å²) >= 11 is 0. The molecule has 0 aromatic rings. The van der Waals surface area contributed by atoms with Crippen LogP contribution in [0.15, 0.2) is 0 Å². The Labute approximate surface area is 88.9 Å². The fourth-order valence-electron chi connectivity index (χ4n) is 2.92. The largest absolute Gasteiger partial charge is 0.396 e. The fraction of sp³-hybridized carbons (Fsp3) is 1.00. The van der Waals surface area contributed by atoms with Crippen molar-refractivity contribution in [1.82, 2.24) is 0 Å². The van der Waals surface area contributed by atoms with Crippen LogP contribution in [-0.2, 0) is 0 Å². The topological polar surface area (TPSA) is 20.2 Å². The molecule has 0 spiro atoms. The van der Waals surface area contributed by atoms with Crippen LogP contribution in [0.3, 0.4) is 0 Å². The minimum Gasteiger partial charge on any atom is -0.396 e. The number of hydrogen-bond donors (Lipinski definition) is 1. The molecule has 1 N–H and O–H groups in total. The first-order chi connectivity index (χ1) is 6.76. The average molecular weight is 198 g/mol. The van der Waals surface area contributed by atoms with Gasteiger partial charge in [-0.05, 0) is 30.6 Å². The Morgan fingerprint density at radius 1 is 1.07 bits per heavy atom. The highest BCUT2D eigenvalue weighted by Gasteiger charge is 2.32. The lowest BCUT2D eigenvalue weighted by molar-refractivity contribution is 0.0548. The predicted octanol–water partition coefficient (Wildman–Crippen LogP) is 3.76. The van der Waals surface area contributed by atoms with Crippen LogP contribution in [-0.4, -0.2) is 11.7 Å². The van der Waals surface area contributed by atoms with Gasteiger partial charge in [0.25, 0.3) is 0 Å². The molecule has 0 aromatic carbocycles. The fourth-order valence-corrected chi connectivity index (χ4v) is 2.92. The van der Waals surface area contributed by atoms with Crippen molar-refractivity contribution in [3.8, 4) is 0 Å². The third kappa shape index (κ3) is 2.98. The minimum atomic E-state index is 0.301. The average Bonchev–Trinajstić information content (AvgIpc) is 2.27. The van der Waals surface area contributed by atoms with Gasteiger partial charge in [-0.15, -0.1) is 0 Å². The van der Waals surface area contributed by atoms with E-state index >= 15 is 0 Å². The molecule has 0 radical (unpaired) electrons. The van der Waals surface area contributed by atoms with Crippen LogP contribution in [0.25, 0.3) is 0 Å². The predicted molar refractivity (Wildman–Crippen MR) is 61.3 cm³/mol. The van der Waals surface area contributed by atoms with Crippen molar-refractivity contribution in [3.05, 3.63) is 0 Å². The van der Waals surface area contributed by atoms with E-state index in [1.165, 1.54) is 51.4 Å². The van der Waals surface area contributed by atoms with Gasteiger partial charge in [0, 0.05) is 6.61 Å². The van der Waals surface area contributed by atoms with Gasteiger partial charge in [-0.25, -0.2) is 0 Å². The van der Waals surface area contributed by atoms with Crippen LogP contribution in [0.4, 0.5) is 0 Å². The molecule has 1 aliphatic rings. The Bertz CT molecular complexity index is 143. The number of aliphatic hydroxyl groups excluding tert-OH is 1. The zero-order valence-corrected chi connectivity index (χ0v) is 9.89. The number of aliphatic hydroxyl groups is 1. The Balaban J connectivity index is 2.50. The molecule has 0 aromatic heterocycles. The molecule has 0 amide bonds. The SMILES string of the molecule is CCC(CC)CC1(CO)CCCCC1. The summed E-state index contributed by atoms with van der Waals surface area (Å²) in [5.74, 6) is 0.834. The van der Waals surface area contributed by atoms with Gasteiger partial charge in [-0.1, -0.05) is 46.0 Å². The summed E-state index contributed by atoms with van der Waals surface area (Å²) in [5.41, 5.74) is 0.301. The van der Waals surface area contributed by atoms with Crippen LogP contribution in [0.5, 0.6) is 0 Å². The molecule has 1 rings (SSSR count). The molecular formula is C13H26O. The van der Waals surface area contributed by atoms with E-state index in [9.17, 15) is 5.11 Å². The quantitative estimate of drug-likeness (QED) is 0.713. The van der Waals surface area contributed by atoms with E-state index in [1.54, 1.807) is 0 Å². The van der Waals surface area contributed by atoms with Gasteiger partial charge in [0.15, 0.2) is 0 Å². The van der Waals surface area contributed by atoms with Gasteiger partial charge in [-0.3, -0.25) is 0 Å². The molecule has 0 bridgehead atoms. The smallest absolute Gasteiger partial charge is 0.0487 e. The van der Waals surface area contributed by atoms with Gasteiger partial charge in [0.05, 0.1) is 0 Å². The first-order valence-electron chi connectivity index (χ1n) is 6.37. The van der Waals surface area contributed by atoms with Crippen molar-refractivity contribution in [2.45, 2.75) is 65.2 Å². The second-order valence-electron chi connectivity index (χ2n) is 5.11. The van der Waals surface area contributed by atoms with Crippen molar-refractivity contribution in [3.63, 3.8) is 0 Å². The first-order valence-corrected chi connectivity index (χ1v) is 6.37. The van der Waals surface area contributed by atoms with Gasteiger partial charge >= 0.3 is 0 Å². The van der Waals surface area contributed by atoms with Gasteiger partial charge in [0.1, 0.15) is 0 Å². The van der Waals surface area contributed by atoms with Crippen LogP contribution < -0.4 is 0 Å². The maximum atomic E-state index is 9.58. The minimum absolute atomic E-state index is 0.301. The molecule has 1 aliphatic carbocycles. The van der Waals surface area contributed by atoms with Crippen molar-refractivity contribution in [2.75, 3.05) is 6.61 Å². The standard InChI is InChI=1S/C13H26O/c1-3-12(4-2)10-13(11-14)8-6-5-7-9-13/h12,14H,3-11H2,1-2H3. The summed E-state index contributed by atoms with van der Waals surface area (Å²) in [6.45, 7) is 4.98. The molecular weight excluding hydrogens is 172 g/mol. The van der Waals surface area contributed by atoms with E-state index in [0.717, 1.165) is 5.92 Å². The highest BCUT2D eigenvalue weighted by molar-refractivity contribution is 4.84. The summed E-state index contributed by atoms with van der Waals surface area (Å²) in [5, 5.41) is 9.58. The number of hydrogen-bond acceptors (Lipinski definition) is 1. The third-order valence-electron chi connectivity index (χ3n) is 4.13. The molecule has 0 heterocycles. The molecule has 0 atom stereocenters. The van der Waals surface area contributed by atoms with Crippen molar-refractivity contribution >= 4 is 0 Å². The molecule has 84 valence electrons. The first kappa shape index (κ1) is 12.0. The second-order valence-corrected chi connectivity index (χ2v) is 5.11. The van der Waals surface area contributed by atoms with E-state index in [0.29, 0.717) is 12.0 Å². The molecule has 0 saturated heterocycles. The molecule has 1 saturated carbocycles. The van der Waals surface area contributed by atoms with Crippen molar-refractivity contribution in [1.29, 1.82) is 0 Å². The maximum absolute atomic E-state index is 9.58. The van der Waals surface area contributed by atoms with E-state index < -0.39 is 0 Å². The monoisotopic (exact) mass is 198 g/mol. The second kappa shape index (κ2) is 5.75. The molecule has 0 unspecified atom stereocenters. The van der Waals surface area contributed by atoms with E-state index in [4.69, 9.17) is 0 Å². The van der Waals surface area contributed by atoms with E-state index in [1.807, 2.05) is 0 Å².